The molecule has 0 radical (unpaired) electrons. The number of aliphatic imine (C=N–C) groups is 2. The van der Waals surface area contributed by atoms with Crippen LogP contribution in [0.2, 0.25) is 0 Å². The van der Waals surface area contributed by atoms with E-state index in [0.717, 1.165) is 76.6 Å². The Balaban J connectivity index is 0.000000268. The van der Waals surface area contributed by atoms with Crippen LogP contribution in [0.25, 0.3) is 0 Å². The van der Waals surface area contributed by atoms with Crippen molar-refractivity contribution in [3.63, 3.8) is 0 Å². The number of aromatic hydroxyl groups is 2. The van der Waals surface area contributed by atoms with E-state index in [1.165, 1.54) is 38.5 Å². The number of hydrogen-bond donors (Lipinski definition) is 2. The molecular formula is C46H46Cl2F8N2O6Ti. The molecule has 19 heteroatoms. The quantitative estimate of drug-likeness (QED) is 0.0429. The van der Waals surface area contributed by atoms with Gasteiger partial charge in [-0.2, -0.15) is 17.6 Å². The van der Waals surface area contributed by atoms with Gasteiger partial charge in [-0.05, 0) is 61.8 Å². The van der Waals surface area contributed by atoms with Gasteiger partial charge in [-0.15, -0.1) is 0 Å². The molecule has 0 aromatic heterocycles. The van der Waals surface area contributed by atoms with E-state index in [9.17, 15) is 45.3 Å². The van der Waals surface area contributed by atoms with Crippen molar-refractivity contribution in [2.75, 3.05) is 27.4 Å². The van der Waals surface area contributed by atoms with Gasteiger partial charge in [-0.1, -0.05) is 63.8 Å². The van der Waals surface area contributed by atoms with Crippen LogP contribution in [0.1, 0.15) is 98.3 Å². The number of methoxy groups -OCH3 is 2. The molecule has 0 bridgehead atoms. The Hall–Kier alpha value is -4.77. The summed E-state index contributed by atoms with van der Waals surface area (Å²) in [6.45, 7) is 5.94. The molecule has 0 saturated heterocycles. The minimum atomic E-state index is -1.70. The number of rotatable bonds is 14. The van der Waals surface area contributed by atoms with Crippen LogP contribution in [0.3, 0.4) is 0 Å². The van der Waals surface area contributed by atoms with Crippen LogP contribution in [0, 0.1) is 46.5 Å². The van der Waals surface area contributed by atoms with E-state index in [2.05, 4.69) is 32.6 Å². The summed E-state index contributed by atoms with van der Waals surface area (Å²) in [4.78, 5) is 7.19. The third kappa shape index (κ3) is 13.2. The summed E-state index contributed by atoms with van der Waals surface area (Å²) in [6.07, 6.45) is 14.2. The maximum absolute atomic E-state index is 14.4. The molecule has 8 nitrogen and oxygen atoms in total. The average Bonchev–Trinajstić information content (AvgIpc) is 3.32. The van der Waals surface area contributed by atoms with E-state index in [1.54, 1.807) is 12.1 Å². The Morgan fingerprint density at radius 2 is 0.877 bits per heavy atom. The van der Waals surface area contributed by atoms with Gasteiger partial charge in [0.1, 0.15) is 47.6 Å². The summed E-state index contributed by atoms with van der Waals surface area (Å²) in [5, 5.41) is 21.4. The molecule has 0 heterocycles. The first-order chi connectivity index (χ1) is 31.2. The molecular weight excluding hydrogens is 947 g/mol. The number of halogens is 10. The van der Waals surface area contributed by atoms with Crippen molar-refractivity contribution in [3.8, 4) is 34.5 Å². The van der Waals surface area contributed by atoms with E-state index < -0.39 is 86.4 Å². The topological polar surface area (TPSA) is 102 Å². The monoisotopic (exact) mass is 992 g/mol. The fraction of sp³-hybridized carbons (Fsp3) is 0.348. The second-order valence-corrected chi connectivity index (χ2v) is 17.2. The average molecular weight is 994 g/mol. The van der Waals surface area contributed by atoms with Gasteiger partial charge in [0.25, 0.3) is 0 Å². The summed E-state index contributed by atoms with van der Waals surface area (Å²) in [5.74, 6) is -15.1. The minimum absolute atomic E-state index is 0.107. The third-order valence-electron chi connectivity index (χ3n) is 10.6. The zero-order valence-corrected chi connectivity index (χ0v) is 38.4. The number of phenols is 2. The van der Waals surface area contributed by atoms with Crippen LogP contribution in [0.4, 0.5) is 46.5 Å². The van der Waals surface area contributed by atoms with Gasteiger partial charge in [0.2, 0.25) is 23.3 Å². The molecule has 0 unspecified atom stereocenters. The third-order valence-corrected chi connectivity index (χ3v) is 10.6. The number of nitrogens with zero attached hydrogens (tertiary/aromatic N) is 2. The molecule has 2 aliphatic carbocycles. The van der Waals surface area contributed by atoms with Gasteiger partial charge in [0, 0.05) is 34.7 Å². The van der Waals surface area contributed by atoms with Gasteiger partial charge < -0.3 is 29.2 Å². The Kier molecular flexibility index (Phi) is 21.0. The van der Waals surface area contributed by atoms with Gasteiger partial charge in [0.15, 0.2) is 34.8 Å². The predicted octanol–water partition coefficient (Wildman–Crippen LogP) is 14.0. The van der Waals surface area contributed by atoms with E-state index in [0.29, 0.717) is 22.6 Å². The fourth-order valence-corrected chi connectivity index (χ4v) is 7.42. The van der Waals surface area contributed by atoms with E-state index in [1.807, 2.05) is 0 Å². The molecule has 2 N–H and O–H groups in total. The zero-order chi connectivity index (χ0) is 47.8. The first-order valence-electron chi connectivity index (χ1n) is 20.2. The van der Waals surface area contributed by atoms with Gasteiger partial charge in [-0.3, -0.25) is 0 Å². The van der Waals surface area contributed by atoms with Crippen molar-refractivity contribution in [3.05, 3.63) is 118 Å². The summed E-state index contributed by atoms with van der Waals surface area (Å²) in [5.41, 5.74) is -0.804. The Morgan fingerprint density at radius 1 is 0.569 bits per heavy atom. The number of ether oxygens (including phenoxy) is 4. The van der Waals surface area contributed by atoms with Crippen molar-refractivity contribution in [1.29, 1.82) is 0 Å². The molecule has 0 atom stereocenters. The standard InChI is InChI=1S/2C23H23F4NO3.2ClH.Ti/c2*1-3-9-31-23-19(26)17(24)21(18(25)20(23)27)28-12-14-10-15(30-2)11-16(22(14)29)13-7-5-4-6-8-13;;;/h2*3,10-13,29H,1,4-9H2,2H3;2*1H;/q;;;;+2/p-2. The van der Waals surface area contributed by atoms with Gasteiger partial charge in [-0.25, -0.2) is 27.5 Å². The van der Waals surface area contributed by atoms with E-state index >= 15 is 0 Å². The Labute approximate surface area is 388 Å². The van der Waals surface area contributed by atoms with Gasteiger partial charge in [0.05, 0.1) is 14.2 Å². The fourth-order valence-electron chi connectivity index (χ4n) is 7.42. The summed E-state index contributed by atoms with van der Waals surface area (Å²) in [7, 11) is 12.7. The van der Waals surface area contributed by atoms with Crippen LogP contribution in [-0.2, 0) is 17.0 Å². The molecule has 2 saturated carbocycles. The van der Waals surface area contributed by atoms with Crippen LogP contribution in [0.5, 0.6) is 34.5 Å². The summed E-state index contributed by atoms with van der Waals surface area (Å²) < 4.78 is 134. The molecule has 0 aliphatic heterocycles. The summed E-state index contributed by atoms with van der Waals surface area (Å²) in [6, 6.07) is 6.29. The first-order valence-corrected chi connectivity index (χ1v) is 24.5. The molecule has 0 spiro atoms. The van der Waals surface area contributed by atoms with Crippen molar-refractivity contribution >= 4 is 42.4 Å². The molecule has 2 aliphatic rings. The molecule has 6 rings (SSSR count). The number of benzene rings is 4. The molecule has 2 fully saturated rings. The van der Waals surface area contributed by atoms with Crippen LogP contribution in [0.15, 0.2) is 59.6 Å². The van der Waals surface area contributed by atoms with Crippen LogP contribution >= 0.6 is 18.6 Å². The molecule has 0 amide bonds. The zero-order valence-electron chi connectivity index (χ0n) is 35.4. The Bertz CT molecular complexity index is 2140. The van der Waals surface area contributed by atoms with Crippen molar-refractivity contribution in [2.24, 2.45) is 9.98 Å². The number of hydrogen-bond acceptors (Lipinski definition) is 8. The van der Waals surface area contributed by atoms with Crippen LogP contribution in [-0.4, -0.2) is 50.1 Å². The van der Waals surface area contributed by atoms with E-state index in [4.69, 9.17) is 28.1 Å². The van der Waals surface area contributed by atoms with E-state index in [-0.39, 0.29) is 47.7 Å². The van der Waals surface area contributed by atoms with Crippen molar-refractivity contribution < 1.29 is 81.3 Å². The first kappa shape index (κ1) is 52.9. The molecule has 65 heavy (non-hydrogen) atoms. The van der Waals surface area contributed by atoms with Crippen LogP contribution < -0.4 is 18.9 Å². The maximum atomic E-state index is 14.4. The SMILES string of the molecule is C=CCOc1c(F)c(F)c(N=Cc2cc(OC)cc(C3CCCCC3)c2O)c(F)c1F.C=CCOc1c(F)c(F)c(N=Cc2cc(OC)cc(C3CCCCC3)c2O)c(F)c1F.[Cl][Ti][Cl]. The Morgan fingerprint density at radius 3 is 1.15 bits per heavy atom. The molecule has 4 aromatic carbocycles. The van der Waals surface area contributed by atoms with Crippen molar-refractivity contribution in [2.45, 2.75) is 76.0 Å². The van der Waals surface area contributed by atoms with Gasteiger partial charge >= 0.3 is 35.6 Å². The molecule has 350 valence electrons. The summed E-state index contributed by atoms with van der Waals surface area (Å²) >= 11 is -0.556. The predicted molar refractivity (Wildman–Crippen MR) is 231 cm³/mol. The molecule has 4 aromatic rings. The second-order valence-electron chi connectivity index (χ2n) is 14.6. The second kappa shape index (κ2) is 25.8. The number of phenolic OH excluding ortho intramolecular Hbond substituents is 2. The van der Waals surface area contributed by atoms with Crippen molar-refractivity contribution in [1.82, 2.24) is 0 Å². The normalized spacial score (nSPS) is 14.3.